The third-order valence-corrected chi connectivity index (χ3v) is 0.879. The van der Waals surface area contributed by atoms with E-state index in [0.29, 0.717) is 0 Å². The predicted octanol–water partition coefficient (Wildman–Crippen LogP) is -0.169. The third kappa shape index (κ3) is 14.0. The van der Waals surface area contributed by atoms with Gasteiger partial charge in [-0.2, -0.15) is 0 Å². The third-order valence-electron chi connectivity index (χ3n) is 0.879. The van der Waals surface area contributed by atoms with Crippen molar-refractivity contribution < 1.29 is 49.4 Å². The summed E-state index contributed by atoms with van der Waals surface area (Å²) < 4.78 is 3.76. The maximum Gasteiger partial charge on any atom is 0.506 e. The molecule has 0 aliphatic heterocycles. The fourth-order valence-electron chi connectivity index (χ4n) is 0.460. The largest absolute Gasteiger partial charge is 0.506 e. The average molecular weight is 240 g/mol. The van der Waals surface area contributed by atoms with Gasteiger partial charge in [0.15, 0.2) is 0 Å². The molecule has 16 heavy (non-hydrogen) atoms. The zero-order valence-electron chi connectivity index (χ0n) is 7.56. The van der Waals surface area contributed by atoms with E-state index >= 15 is 0 Å². The van der Waals surface area contributed by atoms with Gasteiger partial charge in [0, 0.05) is 0 Å². The number of hydrogen-bond acceptors (Lipinski definition) is 5. The van der Waals surface area contributed by atoms with Crippen LogP contribution in [0, 0.1) is 0 Å². The summed E-state index contributed by atoms with van der Waals surface area (Å²) in [5, 5.41) is 38.2. The highest BCUT2D eigenvalue weighted by molar-refractivity contribution is 5.81. The first-order valence-electron chi connectivity index (χ1n) is 3.42. The van der Waals surface area contributed by atoms with Gasteiger partial charge in [-0.15, -0.1) is 0 Å². The Hall–Kier alpha value is -2.52. The summed E-state index contributed by atoms with van der Waals surface area (Å²) in [6, 6.07) is 0. The lowest BCUT2D eigenvalue weighted by Crippen LogP contribution is -2.28. The van der Waals surface area contributed by atoms with Crippen LogP contribution in [0.15, 0.2) is 0 Å². The zero-order valence-corrected chi connectivity index (χ0v) is 7.56. The highest BCUT2D eigenvalue weighted by Crippen LogP contribution is 1.99. The second kappa shape index (κ2) is 7.84. The Kier molecular flexibility index (Phi) is 7.81. The van der Waals surface area contributed by atoms with Crippen LogP contribution in [0.25, 0.3) is 0 Å². The number of carboxylic acid groups (broad SMARTS) is 5. The minimum Gasteiger partial charge on any atom is -0.481 e. The Labute approximate surface area is 87.3 Å². The van der Waals surface area contributed by atoms with Crippen molar-refractivity contribution in [3.63, 3.8) is 0 Å². The molecule has 0 aromatic heterocycles. The van der Waals surface area contributed by atoms with Gasteiger partial charge in [-0.05, 0) is 0 Å². The Morgan fingerprint density at radius 2 is 1.31 bits per heavy atom. The van der Waals surface area contributed by atoms with E-state index in [4.69, 9.17) is 30.3 Å². The fraction of sp³-hybridized carbons (Fsp3) is 0.333. The molecule has 0 aromatic carbocycles. The second-order valence-corrected chi connectivity index (χ2v) is 2.09. The molecule has 0 amide bonds. The van der Waals surface area contributed by atoms with Gasteiger partial charge in [0.1, 0.15) is 0 Å². The molecule has 0 aromatic rings. The number of ether oxygens (including phenoxy) is 1. The molecular formula is C6H8O10. The van der Waals surface area contributed by atoms with E-state index in [0.717, 1.165) is 0 Å². The van der Waals surface area contributed by atoms with Crippen LogP contribution in [-0.2, 0) is 14.3 Å². The molecule has 0 rings (SSSR count). The summed E-state index contributed by atoms with van der Waals surface area (Å²) in [6.07, 6.45) is -6.38. The molecule has 0 heterocycles. The van der Waals surface area contributed by atoms with Crippen LogP contribution in [0.3, 0.4) is 0 Å². The van der Waals surface area contributed by atoms with Gasteiger partial charge in [-0.25, -0.2) is 14.4 Å². The van der Waals surface area contributed by atoms with Crippen molar-refractivity contribution in [2.24, 2.45) is 0 Å². The van der Waals surface area contributed by atoms with Crippen molar-refractivity contribution in [2.45, 2.75) is 12.5 Å². The zero-order chi connectivity index (χ0) is 13.3. The lowest BCUT2D eigenvalue weighted by atomic mass is 10.2. The lowest BCUT2D eigenvalue weighted by Gasteiger charge is -2.07. The van der Waals surface area contributed by atoms with E-state index in [-0.39, 0.29) is 0 Å². The van der Waals surface area contributed by atoms with Gasteiger partial charge in [0.2, 0.25) is 6.10 Å². The first-order valence-corrected chi connectivity index (χ1v) is 3.42. The molecule has 0 fully saturated rings. The van der Waals surface area contributed by atoms with E-state index in [2.05, 4.69) is 4.74 Å². The van der Waals surface area contributed by atoms with Crippen LogP contribution < -0.4 is 0 Å². The summed E-state index contributed by atoms with van der Waals surface area (Å²) in [4.78, 5) is 38.5. The van der Waals surface area contributed by atoms with Gasteiger partial charge in [0.05, 0.1) is 6.42 Å². The Bertz CT molecular complexity index is 261. The van der Waals surface area contributed by atoms with E-state index in [1.165, 1.54) is 0 Å². The minimum atomic E-state index is -1.85. The van der Waals surface area contributed by atoms with Crippen LogP contribution in [0.1, 0.15) is 6.42 Å². The van der Waals surface area contributed by atoms with Gasteiger partial charge in [0.25, 0.3) is 0 Å². The second-order valence-electron chi connectivity index (χ2n) is 2.09. The Morgan fingerprint density at radius 3 is 1.50 bits per heavy atom. The molecule has 5 N–H and O–H groups in total. The molecule has 0 spiro atoms. The maximum atomic E-state index is 10.1. The standard InChI is InChI=1S/C5H6O7.CH2O3/c6-3(7)1-2(4(8)9)12-5(10)11;2-1(3)4/h2H,1H2,(H,6,7)(H,8,9)(H,10,11);(H2,2,3,4). The van der Waals surface area contributed by atoms with Crippen LogP contribution in [-0.4, -0.2) is 55.9 Å². The van der Waals surface area contributed by atoms with Crippen LogP contribution in [0.5, 0.6) is 0 Å². The molecule has 1 atom stereocenters. The number of rotatable bonds is 4. The quantitative estimate of drug-likeness (QED) is 0.414. The smallest absolute Gasteiger partial charge is 0.481 e. The van der Waals surface area contributed by atoms with Crippen molar-refractivity contribution in [3.8, 4) is 0 Å². The minimum absolute atomic E-state index is 0.887. The summed E-state index contributed by atoms with van der Waals surface area (Å²) in [6.45, 7) is 0. The van der Waals surface area contributed by atoms with Crippen LogP contribution in [0.2, 0.25) is 0 Å². The van der Waals surface area contributed by atoms with Gasteiger partial charge >= 0.3 is 24.2 Å². The summed E-state index contributed by atoms with van der Waals surface area (Å²) in [5.41, 5.74) is 0. The summed E-state index contributed by atoms with van der Waals surface area (Å²) in [7, 11) is 0. The molecule has 0 aliphatic carbocycles. The molecule has 0 saturated heterocycles. The van der Waals surface area contributed by atoms with E-state index in [1.54, 1.807) is 0 Å². The highest BCUT2D eigenvalue weighted by Gasteiger charge is 2.24. The maximum absolute atomic E-state index is 10.1. The fourth-order valence-corrected chi connectivity index (χ4v) is 0.460. The highest BCUT2D eigenvalue weighted by atomic mass is 16.7. The van der Waals surface area contributed by atoms with Crippen molar-refractivity contribution in [1.29, 1.82) is 0 Å². The molecule has 0 radical (unpaired) electrons. The van der Waals surface area contributed by atoms with E-state index in [9.17, 15) is 14.4 Å². The first-order chi connectivity index (χ1) is 7.16. The van der Waals surface area contributed by atoms with Gasteiger partial charge in [-0.3, -0.25) is 4.79 Å². The SMILES string of the molecule is O=C(O)CC(OC(=O)O)C(=O)O.O=C(O)O. The normalized spacial score (nSPS) is 10.2. The molecule has 0 bridgehead atoms. The summed E-state index contributed by atoms with van der Waals surface area (Å²) >= 11 is 0. The van der Waals surface area contributed by atoms with E-state index in [1.807, 2.05) is 0 Å². The molecule has 1 unspecified atom stereocenters. The number of aliphatic carboxylic acids is 2. The van der Waals surface area contributed by atoms with Crippen molar-refractivity contribution in [3.05, 3.63) is 0 Å². The van der Waals surface area contributed by atoms with Gasteiger partial charge in [-0.1, -0.05) is 0 Å². The predicted molar refractivity (Wildman–Crippen MR) is 43.4 cm³/mol. The van der Waals surface area contributed by atoms with Crippen molar-refractivity contribution in [2.75, 3.05) is 0 Å². The monoisotopic (exact) mass is 240 g/mol. The number of carboxylic acids is 2. The average Bonchev–Trinajstić information content (AvgIpc) is 1.99. The lowest BCUT2D eigenvalue weighted by molar-refractivity contribution is -0.154. The molecule has 0 aliphatic rings. The molecule has 0 saturated carbocycles. The number of carbonyl (C=O) groups is 4. The molecule has 92 valence electrons. The van der Waals surface area contributed by atoms with E-state index < -0.39 is 36.8 Å². The van der Waals surface area contributed by atoms with Crippen LogP contribution >= 0.6 is 0 Å². The molecular weight excluding hydrogens is 232 g/mol. The Morgan fingerprint density at radius 1 is 0.938 bits per heavy atom. The van der Waals surface area contributed by atoms with Crippen LogP contribution in [0.4, 0.5) is 9.59 Å². The van der Waals surface area contributed by atoms with Crippen molar-refractivity contribution in [1.82, 2.24) is 0 Å². The number of hydrogen-bond donors (Lipinski definition) is 5. The summed E-state index contributed by atoms with van der Waals surface area (Å²) in [5.74, 6) is -3.07. The Balaban J connectivity index is 0. The topological polar surface area (TPSA) is 179 Å². The molecule has 10 heteroatoms. The first kappa shape index (κ1) is 15.9. The van der Waals surface area contributed by atoms with Gasteiger partial charge < -0.3 is 30.3 Å². The molecule has 10 nitrogen and oxygen atoms in total. The van der Waals surface area contributed by atoms with Crippen molar-refractivity contribution >= 4 is 24.2 Å².